The van der Waals surface area contributed by atoms with Crippen LogP contribution in [0.5, 0.6) is 0 Å². The molecule has 0 spiro atoms. The molecule has 0 aromatic rings. The minimum absolute atomic E-state index is 0.256. The van der Waals surface area contributed by atoms with Gasteiger partial charge in [-0.2, -0.15) is 0 Å². The number of nitrogens with zero attached hydrogens (tertiary/aromatic N) is 1. The van der Waals surface area contributed by atoms with E-state index in [-0.39, 0.29) is 5.92 Å². The van der Waals surface area contributed by atoms with Gasteiger partial charge in [0, 0.05) is 19.0 Å². The predicted molar refractivity (Wildman–Crippen MR) is 71.7 cm³/mol. The molecule has 0 aliphatic carbocycles. The summed E-state index contributed by atoms with van der Waals surface area (Å²) in [4.78, 5) is 14.4. The van der Waals surface area contributed by atoms with E-state index in [0.29, 0.717) is 11.8 Å². The molecular weight excluding hydrogens is 212 g/mol. The Hall–Kier alpha value is -0.570. The summed E-state index contributed by atoms with van der Waals surface area (Å²) in [6, 6.07) is 0. The van der Waals surface area contributed by atoms with E-state index in [2.05, 4.69) is 18.7 Å². The van der Waals surface area contributed by atoms with E-state index in [9.17, 15) is 4.79 Å². The van der Waals surface area contributed by atoms with Crippen molar-refractivity contribution in [1.29, 1.82) is 0 Å². The Kier molecular flexibility index (Phi) is 6.56. The van der Waals surface area contributed by atoms with Crippen LogP contribution in [0.15, 0.2) is 0 Å². The Labute approximate surface area is 106 Å². The average molecular weight is 240 g/mol. The SMILES string of the molecule is CCCCC(CC)C(=O)N1CCC(CCN)C1. The maximum absolute atomic E-state index is 12.3. The first kappa shape index (κ1) is 14.5. The summed E-state index contributed by atoms with van der Waals surface area (Å²) in [5, 5.41) is 0. The molecule has 0 aromatic heterocycles. The maximum atomic E-state index is 12.3. The molecule has 1 heterocycles. The van der Waals surface area contributed by atoms with Crippen molar-refractivity contribution in [2.24, 2.45) is 17.6 Å². The third-order valence-corrected chi connectivity index (χ3v) is 3.92. The minimum Gasteiger partial charge on any atom is -0.342 e. The van der Waals surface area contributed by atoms with Gasteiger partial charge in [0.1, 0.15) is 0 Å². The molecule has 100 valence electrons. The monoisotopic (exact) mass is 240 g/mol. The zero-order valence-corrected chi connectivity index (χ0v) is 11.5. The van der Waals surface area contributed by atoms with Crippen molar-refractivity contribution in [3.63, 3.8) is 0 Å². The molecule has 2 unspecified atom stereocenters. The molecule has 1 saturated heterocycles. The molecule has 0 aromatic carbocycles. The van der Waals surface area contributed by atoms with Crippen LogP contribution in [0.2, 0.25) is 0 Å². The van der Waals surface area contributed by atoms with Crippen LogP contribution in [0.25, 0.3) is 0 Å². The number of amides is 1. The van der Waals surface area contributed by atoms with Crippen LogP contribution in [0, 0.1) is 11.8 Å². The number of nitrogens with two attached hydrogens (primary N) is 1. The van der Waals surface area contributed by atoms with E-state index in [0.717, 1.165) is 45.3 Å². The highest BCUT2D eigenvalue weighted by Gasteiger charge is 2.29. The number of likely N-dealkylation sites (tertiary alicyclic amines) is 1. The predicted octanol–water partition coefficient (Wildman–Crippen LogP) is 2.40. The van der Waals surface area contributed by atoms with Crippen LogP contribution < -0.4 is 5.73 Å². The quantitative estimate of drug-likeness (QED) is 0.742. The summed E-state index contributed by atoms with van der Waals surface area (Å²) in [6.07, 6.45) is 6.60. The van der Waals surface area contributed by atoms with Crippen LogP contribution in [0.3, 0.4) is 0 Å². The highest BCUT2D eigenvalue weighted by atomic mass is 16.2. The normalized spacial score (nSPS) is 21.8. The molecule has 0 radical (unpaired) electrons. The van der Waals surface area contributed by atoms with E-state index in [4.69, 9.17) is 5.73 Å². The third kappa shape index (κ3) is 4.30. The van der Waals surface area contributed by atoms with Crippen LogP contribution in [-0.2, 0) is 4.79 Å². The Bertz CT molecular complexity index is 230. The molecule has 0 bridgehead atoms. The zero-order chi connectivity index (χ0) is 12.7. The Morgan fingerprint density at radius 2 is 2.24 bits per heavy atom. The number of carbonyl (C=O) groups excluding carboxylic acids is 1. The van der Waals surface area contributed by atoms with Crippen molar-refractivity contribution in [3.8, 4) is 0 Å². The number of carbonyl (C=O) groups is 1. The van der Waals surface area contributed by atoms with Gasteiger partial charge in [0.05, 0.1) is 0 Å². The molecule has 3 nitrogen and oxygen atoms in total. The molecule has 1 amide bonds. The molecular formula is C14H28N2O. The fourth-order valence-electron chi connectivity index (χ4n) is 2.72. The average Bonchev–Trinajstić information content (AvgIpc) is 2.79. The molecule has 2 N–H and O–H groups in total. The molecule has 0 saturated carbocycles. The number of unbranched alkanes of at least 4 members (excludes halogenated alkanes) is 1. The topological polar surface area (TPSA) is 46.3 Å². The van der Waals surface area contributed by atoms with Gasteiger partial charge in [-0.25, -0.2) is 0 Å². The van der Waals surface area contributed by atoms with E-state index < -0.39 is 0 Å². The largest absolute Gasteiger partial charge is 0.342 e. The molecule has 1 aliphatic heterocycles. The zero-order valence-electron chi connectivity index (χ0n) is 11.5. The summed E-state index contributed by atoms with van der Waals surface area (Å²) in [5.41, 5.74) is 5.58. The third-order valence-electron chi connectivity index (χ3n) is 3.92. The standard InChI is InChI=1S/C14H28N2O/c1-3-5-6-13(4-2)14(17)16-10-8-12(11-16)7-9-15/h12-13H,3-11,15H2,1-2H3. The van der Waals surface area contributed by atoms with Crippen LogP contribution in [0.1, 0.15) is 52.4 Å². The lowest BCUT2D eigenvalue weighted by molar-refractivity contribution is -0.135. The fraction of sp³-hybridized carbons (Fsp3) is 0.929. The second-order valence-corrected chi connectivity index (χ2v) is 5.26. The van der Waals surface area contributed by atoms with Gasteiger partial charge in [-0.3, -0.25) is 4.79 Å². The first-order valence-corrected chi connectivity index (χ1v) is 7.21. The van der Waals surface area contributed by atoms with E-state index in [1.54, 1.807) is 0 Å². The smallest absolute Gasteiger partial charge is 0.225 e. The Morgan fingerprint density at radius 1 is 1.47 bits per heavy atom. The summed E-state index contributed by atoms with van der Waals surface area (Å²) in [7, 11) is 0. The number of rotatable bonds is 7. The maximum Gasteiger partial charge on any atom is 0.225 e. The van der Waals surface area contributed by atoms with E-state index in [1.165, 1.54) is 12.8 Å². The van der Waals surface area contributed by atoms with E-state index in [1.807, 2.05) is 0 Å². The van der Waals surface area contributed by atoms with Crippen LogP contribution >= 0.6 is 0 Å². The second kappa shape index (κ2) is 7.70. The van der Waals surface area contributed by atoms with Gasteiger partial charge in [-0.15, -0.1) is 0 Å². The summed E-state index contributed by atoms with van der Waals surface area (Å²) in [5.74, 6) is 1.29. The van der Waals surface area contributed by atoms with Crippen molar-refractivity contribution < 1.29 is 4.79 Å². The summed E-state index contributed by atoms with van der Waals surface area (Å²) < 4.78 is 0. The van der Waals surface area contributed by atoms with Crippen molar-refractivity contribution in [2.75, 3.05) is 19.6 Å². The van der Waals surface area contributed by atoms with Gasteiger partial charge in [-0.1, -0.05) is 26.7 Å². The molecule has 1 fully saturated rings. The van der Waals surface area contributed by atoms with Gasteiger partial charge in [0.15, 0.2) is 0 Å². The first-order valence-electron chi connectivity index (χ1n) is 7.21. The molecule has 1 aliphatic rings. The van der Waals surface area contributed by atoms with Gasteiger partial charge in [0.2, 0.25) is 5.91 Å². The van der Waals surface area contributed by atoms with Gasteiger partial charge in [-0.05, 0) is 38.1 Å². The first-order chi connectivity index (χ1) is 8.22. The number of hydrogen-bond donors (Lipinski definition) is 1. The molecule has 2 atom stereocenters. The van der Waals surface area contributed by atoms with Crippen LogP contribution in [0.4, 0.5) is 0 Å². The lowest BCUT2D eigenvalue weighted by Crippen LogP contribution is -2.34. The minimum atomic E-state index is 0.256. The highest BCUT2D eigenvalue weighted by Crippen LogP contribution is 2.23. The van der Waals surface area contributed by atoms with E-state index >= 15 is 0 Å². The van der Waals surface area contributed by atoms with Gasteiger partial charge < -0.3 is 10.6 Å². The fourth-order valence-corrected chi connectivity index (χ4v) is 2.72. The van der Waals surface area contributed by atoms with Crippen LogP contribution in [-0.4, -0.2) is 30.4 Å². The van der Waals surface area contributed by atoms with Crippen molar-refractivity contribution in [2.45, 2.75) is 52.4 Å². The van der Waals surface area contributed by atoms with Gasteiger partial charge in [0.25, 0.3) is 0 Å². The highest BCUT2D eigenvalue weighted by molar-refractivity contribution is 5.79. The lowest BCUT2D eigenvalue weighted by atomic mass is 9.98. The lowest BCUT2D eigenvalue weighted by Gasteiger charge is -2.22. The summed E-state index contributed by atoms with van der Waals surface area (Å²) in [6.45, 7) is 6.96. The summed E-state index contributed by atoms with van der Waals surface area (Å²) >= 11 is 0. The number of hydrogen-bond acceptors (Lipinski definition) is 2. The van der Waals surface area contributed by atoms with Gasteiger partial charge >= 0.3 is 0 Å². The van der Waals surface area contributed by atoms with Crippen molar-refractivity contribution >= 4 is 5.91 Å². The second-order valence-electron chi connectivity index (χ2n) is 5.26. The van der Waals surface area contributed by atoms with Crippen molar-refractivity contribution in [1.82, 2.24) is 4.90 Å². The molecule has 3 heteroatoms. The van der Waals surface area contributed by atoms with Crippen molar-refractivity contribution in [3.05, 3.63) is 0 Å². The molecule has 1 rings (SSSR count). The Balaban J connectivity index is 2.40. The molecule has 17 heavy (non-hydrogen) atoms. The Morgan fingerprint density at radius 3 is 2.82 bits per heavy atom.